The summed E-state index contributed by atoms with van der Waals surface area (Å²) in [4.78, 5) is 0. The first-order chi connectivity index (χ1) is 8.09. The van der Waals surface area contributed by atoms with Crippen LogP contribution in [-0.4, -0.2) is 0 Å². The Morgan fingerprint density at radius 3 is 2.29 bits per heavy atom. The number of nitrogen functional groups attached to an aromatic ring is 3. The molecule has 4 heteroatoms. The molecule has 0 aliphatic rings. The molecule has 0 fully saturated rings. The van der Waals surface area contributed by atoms with Crippen LogP contribution in [-0.2, 0) is 0 Å². The predicted octanol–water partition coefficient (Wildman–Crippen LogP) is 1.48. The predicted molar refractivity (Wildman–Crippen MR) is 72.2 cm³/mol. The van der Waals surface area contributed by atoms with Crippen molar-refractivity contribution < 1.29 is 0 Å². The van der Waals surface area contributed by atoms with Gasteiger partial charge in [0.05, 0.1) is 17.4 Å². The van der Waals surface area contributed by atoms with Gasteiger partial charge in [-0.2, -0.15) is 0 Å². The Hall–Kier alpha value is -2.20. The Balaban J connectivity index is 2.44. The second-order valence-electron chi connectivity index (χ2n) is 4.00. The van der Waals surface area contributed by atoms with Gasteiger partial charge in [0.25, 0.3) is 0 Å². The van der Waals surface area contributed by atoms with Crippen LogP contribution in [0.2, 0.25) is 0 Å². The Bertz CT molecular complexity index is 537. The van der Waals surface area contributed by atoms with Gasteiger partial charge in [0.15, 0.2) is 0 Å². The van der Waals surface area contributed by atoms with Crippen LogP contribution in [0.4, 0.5) is 17.1 Å². The van der Waals surface area contributed by atoms with E-state index in [9.17, 15) is 0 Å². The number of hydrogen-bond donors (Lipinski definition) is 4. The molecule has 0 saturated carbocycles. The van der Waals surface area contributed by atoms with Gasteiger partial charge in [-0.05, 0) is 29.3 Å². The number of nitrogens with two attached hydrogens (primary N) is 4. The number of hydrogen-bond acceptors (Lipinski definition) is 4. The van der Waals surface area contributed by atoms with Crippen molar-refractivity contribution in [3.05, 3.63) is 53.6 Å². The summed E-state index contributed by atoms with van der Waals surface area (Å²) in [7, 11) is 0. The fraction of sp³-hybridized carbons (Fsp3) is 0.0769. The molecule has 0 saturated heterocycles. The molecule has 0 radical (unpaired) electrons. The summed E-state index contributed by atoms with van der Waals surface area (Å²) >= 11 is 0. The first kappa shape index (κ1) is 11.3. The van der Waals surface area contributed by atoms with Crippen molar-refractivity contribution >= 4 is 17.1 Å². The summed E-state index contributed by atoms with van der Waals surface area (Å²) in [5.74, 6) is 0. The molecular weight excluding hydrogens is 212 g/mol. The standard InChI is InChI=1S/C13H16N4/c14-9-4-1-3-8(7-9)12(16)10-5-2-6-11(15)13(10)17/h1-7,12H,14-17H2. The third kappa shape index (κ3) is 2.16. The normalized spacial score (nSPS) is 12.3. The molecule has 1 unspecified atom stereocenters. The number of para-hydroxylation sites is 1. The smallest absolute Gasteiger partial charge is 0.0599 e. The molecule has 88 valence electrons. The van der Waals surface area contributed by atoms with E-state index in [1.807, 2.05) is 36.4 Å². The summed E-state index contributed by atoms with van der Waals surface area (Å²) < 4.78 is 0. The molecule has 17 heavy (non-hydrogen) atoms. The van der Waals surface area contributed by atoms with E-state index in [0.29, 0.717) is 17.1 Å². The Labute approximate surface area is 100 Å². The zero-order chi connectivity index (χ0) is 12.4. The van der Waals surface area contributed by atoms with Crippen LogP contribution in [0.25, 0.3) is 0 Å². The second-order valence-corrected chi connectivity index (χ2v) is 4.00. The molecule has 2 aromatic rings. The van der Waals surface area contributed by atoms with Gasteiger partial charge in [-0.25, -0.2) is 0 Å². The van der Waals surface area contributed by atoms with E-state index in [-0.39, 0.29) is 6.04 Å². The van der Waals surface area contributed by atoms with Gasteiger partial charge >= 0.3 is 0 Å². The summed E-state index contributed by atoms with van der Waals surface area (Å²) in [5.41, 5.74) is 27.1. The van der Waals surface area contributed by atoms with E-state index in [4.69, 9.17) is 22.9 Å². The third-order valence-corrected chi connectivity index (χ3v) is 2.78. The monoisotopic (exact) mass is 228 g/mol. The van der Waals surface area contributed by atoms with E-state index in [2.05, 4.69) is 0 Å². The summed E-state index contributed by atoms with van der Waals surface area (Å²) in [6.45, 7) is 0. The van der Waals surface area contributed by atoms with Crippen molar-refractivity contribution in [3.63, 3.8) is 0 Å². The van der Waals surface area contributed by atoms with Gasteiger partial charge in [-0.15, -0.1) is 0 Å². The van der Waals surface area contributed by atoms with E-state index in [1.54, 1.807) is 6.07 Å². The van der Waals surface area contributed by atoms with Gasteiger partial charge in [-0.3, -0.25) is 0 Å². The van der Waals surface area contributed by atoms with E-state index in [0.717, 1.165) is 11.1 Å². The largest absolute Gasteiger partial charge is 0.399 e. The number of rotatable bonds is 2. The van der Waals surface area contributed by atoms with E-state index in [1.165, 1.54) is 0 Å². The molecule has 0 heterocycles. The van der Waals surface area contributed by atoms with Crippen LogP contribution in [0.15, 0.2) is 42.5 Å². The van der Waals surface area contributed by atoms with Gasteiger partial charge < -0.3 is 22.9 Å². The molecule has 2 rings (SSSR count). The minimum absolute atomic E-state index is 0.318. The molecule has 0 aliphatic carbocycles. The van der Waals surface area contributed by atoms with E-state index >= 15 is 0 Å². The van der Waals surface area contributed by atoms with Crippen LogP contribution < -0.4 is 22.9 Å². The third-order valence-electron chi connectivity index (χ3n) is 2.78. The zero-order valence-corrected chi connectivity index (χ0v) is 9.43. The fourth-order valence-corrected chi connectivity index (χ4v) is 1.80. The molecule has 1 atom stereocenters. The van der Waals surface area contributed by atoms with Crippen molar-refractivity contribution in [1.82, 2.24) is 0 Å². The molecule has 4 nitrogen and oxygen atoms in total. The molecule has 0 spiro atoms. The molecule has 0 aliphatic heterocycles. The number of benzene rings is 2. The molecular formula is C13H16N4. The minimum Gasteiger partial charge on any atom is -0.399 e. The quantitative estimate of drug-likeness (QED) is 0.584. The highest BCUT2D eigenvalue weighted by Crippen LogP contribution is 2.29. The summed E-state index contributed by atoms with van der Waals surface area (Å²) in [5, 5.41) is 0. The maximum absolute atomic E-state index is 6.16. The topological polar surface area (TPSA) is 104 Å². The lowest BCUT2D eigenvalue weighted by molar-refractivity contribution is 0.876. The maximum Gasteiger partial charge on any atom is 0.0599 e. The lowest BCUT2D eigenvalue weighted by Crippen LogP contribution is -2.15. The van der Waals surface area contributed by atoms with Crippen LogP contribution in [0, 0.1) is 0 Å². The highest BCUT2D eigenvalue weighted by molar-refractivity contribution is 5.69. The van der Waals surface area contributed by atoms with Gasteiger partial charge in [-0.1, -0.05) is 24.3 Å². The van der Waals surface area contributed by atoms with Crippen molar-refractivity contribution in [2.24, 2.45) is 5.73 Å². The highest BCUT2D eigenvalue weighted by Gasteiger charge is 2.13. The van der Waals surface area contributed by atoms with Crippen molar-refractivity contribution in [2.75, 3.05) is 17.2 Å². The Morgan fingerprint density at radius 2 is 1.59 bits per heavy atom. The minimum atomic E-state index is -0.318. The molecule has 8 N–H and O–H groups in total. The zero-order valence-electron chi connectivity index (χ0n) is 9.43. The van der Waals surface area contributed by atoms with E-state index < -0.39 is 0 Å². The lowest BCUT2D eigenvalue weighted by atomic mass is 9.97. The highest BCUT2D eigenvalue weighted by atomic mass is 14.7. The maximum atomic E-state index is 6.16. The Kier molecular flexibility index (Phi) is 2.89. The van der Waals surface area contributed by atoms with Gasteiger partial charge in [0.1, 0.15) is 0 Å². The van der Waals surface area contributed by atoms with Crippen molar-refractivity contribution in [2.45, 2.75) is 6.04 Å². The van der Waals surface area contributed by atoms with Crippen LogP contribution in [0.5, 0.6) is 0 Å². The van der Waals surface area contributed by atoms with Crippen molar-refractivity contribution in [3.8, 4) is 0 Å². The Morgan fingerprint density at radius 1 is 0.882 bits per heavy atom. The van der Waals surface area contributed by atoms with Crippen LogP contribution >= 0.6 is 0 Å². The summed E-state index contributed by atoms with van der Waals surface area (Å²) in [6, 6.07) is 12.6. The molecule has 0 aromatic heterocycles. The van der Waals surface area contributed by atoms with Gasteiger partial charge in [0, 0.05) is 5.69 Å². The lowest BCUT2D eigenvalue weighted by Gasteiger charge is -2.16. The summed E-state index contributed by atoms with van der Waals surface area (Å²) in [6.07, 6.45) is 0. The first-order valence-electron chi connectivity index (χ1n) is 5.34. The average molecular weight is 228 g/mol. The molecule has 2 aromatic carbocycles. The van der Waals surface area contributed by atoms with Crippen LogP contribution in [0.1, 0.15) is 17.2 Å². The van der Waals surface area contributed by atoms with Gasteiger partial charge in [0.2, 0.25) is 0 Å². The average Bonchev–Trinajstić information content (AvgIpc) is 2.32. The molecule has 0 amide bonds. The fourth-order valence-electron chi connectivity index (χ4n) is 1.80. The van der Waals surface area contributed by atoms with Crippen LogP contribution in [0.3, 0.4) is 0 Å². The van der Waals surface area contributed by atoms with Crippen molar-refractivity contribution in [1.29, 1.82) is 0 Å². The first-order valence-corrected chi connectivity index (χ1v) is 5.34. The SMILES string of the molecule is Nc1cccc(C(N)c2cccc(N)c2N)c1. The second kappa shape index (κ2) is 4.35. The molecule has 0 bridgehead atoms. The number of anilines is 3.